The number of aromatic nitrogens is 4. The Labute approximate surface area is 114 Å². The van der Waals surface area contributed by atoms with Crippen LogP contribution in [-0.4, -0.2) is 20.1 Å². The van der Waals surface area contributed by atoms with Gasteiger partial charge in [0.05, 0.1) is 0 Å². The van der Waals surface area contributed by atoms with Crippen molar-refractivity contribution in [1.29, 1.82) is 5.26 Å². The number of nitrogens with zero attached hydrogens (tertiary/aromatic N) is 5. The quantitative estimate of drug-likeness (QED) is 0.705. The second-order valence-corrected chi connectivity index (χ2v) is 4.16. The molecule has 0 N–H and O–H groups in total. The third kappa shape index (κ3) is 2.24. The molecule has 0 bridgehead atoms. The summed E-state index contributed by atoms with van der Waals surface area (Å²) >= 11 is 0. The Morgan fingerprint density at radius 3 is 2.75 bits per heavy atom. The van der Waals surface area contributed by atoms with Crippen molar-refractivity contribution in [2.24, 2.45) is 0 Å². The van der Waals surface area contributed by atoms with Crippen molar-refractivity contribution >= 4 is 0 Å². The summed E-state index contributed by atoms with van der Waals surface area (Å²) in [5.74, 6) is 0.656. The van der Waals surface area contributed by atoms with Crippen molar-refractivity contribution < 1.29 is 4.52 Å². The van der Waals surface area contributed by atoms with E-state index in [1.54, 1.807) is 24.4 Å². The van der Waals surface area contributed by atoms with Gasteiger partial charge < -0.3 is 4.52 Å². The van der Waals surface area contributed by atoms with Crippen LogP contribution in [-0.2, 0) is 0 Å². The molecule has 6 heteroatoms. The van der Waals surface area contributed by atoms with E-state index in [-0.39, 0.29) is 0 Å². The van der Waals surface area contributed by atoms with E-state index < -0.39 is 0 Å². The molecule has 96 valence electrons. The van der Waals surface area contributed by atoms with Crippen molar-refractivity contribution in [1.82, 2.24) is 20.1 Å². The highest BCUT2D eigenvalue weighted by atomic mass is 16.5. The third-order valence-electron chi connectivity index (χ3n) is 2.65. The van der Waals surface area contributed by atoms with Gasteiger partial charge in [-0.1, -0.05) is 17.3 Å². The number of nitriles is 1. The topological polar surface area (TPSA) is 88.5 Å². The molecular formula is C14H9N5O. The number of aryl methyl sites for hydroxylation is 1. The van der Waals surface area contributed by atoms with Gasteiger partial charge in [-0.2, -0.15) is 10.2 Å². The monoisotopic (exact) mass is 263 g/mol. The van der Waals surface area contributed by atoms with E-state index in [4.69, 9.17) is 9.78 Å². The molecule has 0 aromatic carbocycles. The first-order chi connectivity index (χ1) is 9.76. The Hall–Kier alpha value is -3.07. The zero-order chi connectivity index (χ0) is 13.9. The molecule has 0 unspecified atom stereocenters. The van der Waals surface area contributed by atoms with Crippen molar-refractivity contribution in [3.8, 4) is 29.2 Å². The molecule has 0 radical (unpaired) electrons. The molecule has 20 heavy (non-hydrogen) atoms. The minimum atomic E-state index is 0.308. The average Bonchev–Trinajstić information content (AvgIpc) is 2.98. The van der Waals surface area contributed by atoms with Crippen LogP contribution in [0.5, 0.6) is 0 Å². The van der Waals surface area contributed by atoms with Gasteiger partial charge >= 0.3 is 0 Å². The van der Waals surface area contributed by atoms with E-state index in [2.05, 4.69) is 20.1 Å². The highest BCUT2D eigenvalue weighted by Gasteiger charge is 2.12. The van der Waals surface area contributed by atoms with E-state index in [1.165, 1.54) is 0 Å². The number of hydrogen-bond donors (Lipinski definition) is 0. The van der Waals surface area contributed by atoms with Crippen LogP contribution in [0.3, 0.4) is 0 Å². The normalized spacial score (nSPS) is 10.2. The molecule has 0 amide bonds. The van der Waals surface area contributed by atoms with Crippen molar-refractivity contribution in [3.05, 3.63) is 47.8 Å². The van der Waals surface area contributed by atoms with Gasteiger partial charge in [0.15, 0.2) is 0 Å². The fourth-order valence-electron chi connectivity index (χ4n) is 1.65. The maximum Gasteiger partial charge on any atom is 0.276 e. The van der Waals surface area contributed by atoms with E-state index in [0.29, 0.717) is 28.8 Å². The minimum Gasteiger partial charge on any atom is -0.332 e. The zero-order valence-corrected chi connectivity index (χ0v) is 10.6. The van der Waals surface area contributed by atoms with Gasteiger partial charge in [-0.05, 0) is 30.7 Å². The standard InChI is InChI=1S/C14H9N5O/c1-9-5-6-12(16-8-9)14-18-13(19-20-14)11-4-2-3-10(7-15)17-11/h2-6,8H,1H3. The largest absolute Gasteiger partial charge is 0.332 e. The molecule has 0 atom stereocenters. The lowest BCUT2D eigenvalue weighted by atomic mass is 10.3. The summed E-state index contributed by atoms with van der Waals surface area (Å²) in [6.07, 6.45) is 1.73. The van der Waals surface area contributed by atoms with Crippen LogP contribution in [0.25, 0.3) is 23.1 Å². The molecule has 3 rings (SSSR count). The van der Waals surface area contributed by atoms with E-state index in [9.17, 15) is 0 Å². The Balaban J connectivity index is 1.97. The van der Waals surface area contributed by atoms with Crippen LogP contribution in [0.15, 0.2) is 41.1 Å². The fourth-order valence-corrected chi connectivity index (χ4v) is 1.65. The van der Waals surface area contributed by atoms with Crippen LogP contribution in [0, 0.1) is 18.3 Å². The molecule has 3 aromatic heterocycles. The lowest BCUT2D eigenvalue weighted by Gasteiger charge is -1.94. The summed E-state index contributed by atoms with van der Waals surface area (Å²) in [6, 6.07) is 10.8. The van der Waals surface area contributed by atoms with Crippen molar-refractivity contribution in [2.75, 3.05) is 0 Å². The molecule has 0 saturated carbocycles. The van der Waals surface area contributed by atoms with E-state index in [0.717, 1.165) is 5.56 Å². The number of hydrogen-bond acceptors (Lipinski definition) is 6. The van der Waals surface area contributed by atoms with Crippen LogP contribution in [0.4, 0.5) is 0 Å². The predicted octanol–water partition coefficient (Wildman–Crippen LogP) is 2.37. The first kappa shape index (κ1) is 12.0. The first-order valence-corrected chi connectivity index (χ1v) is 5.90. The van der Waals surface area contributed by atoms with Gasteiger partial charge in [0.2, 0.25) is 5.82 Å². The van der Waals surface area contributed by atoms with Crippen LogP contribution >= 0.6 is 0 Å². The zero-order valence-electron chi connectivity index (χ0n) is 10.6. The summed E-state index contributed by atoms with van der Waals surface area (Å²) in [5.41, 5.74) is 2.45. The van der Waals surface area contributed by atoms with Crippen LogP contribution in [0.2, 0.25) is 0 Å². The molecular weight excluding hydrogens is 254 g/mol. The highest BCUT2D eigenvalue weighted by molar-refractivity contribution is 5.54. The Kier molecular flexibility index (Phi) is 2.94. The van der Waals surface area contributed by atoms with Gasteiger partial charge in [0.25, 0.3) is 5.89 Å². The number of pyridine rings is 2. The Morgan fingerprint density at radius 2 is 2.00 bits per heavy atom. The highest BCUT2D eigenvalue weighted by Crippen LogP contribution is 2.19. The maximum atomic E-state index is 8.83. The SMILES string of the molecule is Cc1ccc(-c2nc(-c3cccc(C#N)n3)no2)nc1. The lowest BCUT2D eigenvalue weighted by Crippen LogP contribution is -1.89. The lowest BCUT2D eigenvalue weighted by molar-refractivity contribution is 0.431. The third-order valence-corrected chi connectivity index (χ3v) is 2.65. The summed E-state index contributed by atoms with van der Waals surface area (Å²) in [4.78, 5) is 12.6. The summed E-state index contributed by atoms with van der Waals surface area (Å²) in [5, 5.41) is 12.7. The molecule has 0 saturated heterocycles. The number of rotatable bonds is 2. The summed E-state index contributed by atoms with van der Waals surface area (Å²) in [6.45, 7) is 1.95. The second-order valence-electron chi connectivity index (χ2n) is 4.16. The molecule has 0 aliphatic carbocycles. The molecule has 0 fully saturated rings. The van der Waals surface area contributed by atoms with Crippen molar-refractivity contribution in [3.63, 3.8) is 0 Å². The first-order valence-electron chi connectivity index (χ1n) is 5.90. The van der Waals surface area contributed by atoms with Crippen LogP contribution in [0.1, 0.15) is 11.3 Å². The Bertz CT molecular complexity index is 786. The van der Waals surface area contributed by atoms with Gasteiger partial charge in [-0.25, -0.2) is 4.98 Å². The second kappa shape index (κ2) is 4.90. The van der Waals surface area contributed by atoms with Gasteiger partial charge in [-0.15, -0.1) is 0 Å². The molecule has 0 spiro atoms. The summed E-state index contributed by atoms with van der Waals surface area (Å²) < 4.78 is 5.17. The van der Waals surface area contributed by atoms with Crippen LogP contribution < -0.4 is 0 Å². The molecule has 6 nitrogen and oxygen atoms in total. The Morgan fingerprint density at radius 1 is 1.10 bits per heavy atom. The smallest absolute Gasteiger partial charge is 0.276 e. The predicted molar refractivity (Wildman–Crippen MR) is 70.2 cm³/mol. The van der Waals surface area contributed by atoms with Crippen molar-refractivity contribution in [2.45, 2.75) is 6.92 Å². The summed E-state index contributed by atoms with van der Waals surface area (Å²) in [7, 11) is 0. The van der Waals surface area contributed by atoms with Gasteiger partial charge in [0, 0.05) is 6.20 Å². The fraction of sp³-hybridized carbons (Fsp3) is 0.0714. The molecule has 3 aromatic rings. The van der Waals surface area contributed by atoms with Gasteiger partial charge in [0.1, 0.15) is 23.2 Å². The molecule has 0 aliphatic heterocycles. The maximum absolute atomic E-state index is 8.83. The average molecular weight is 263 g/mol. The molecule has 0 aliphatic rings. The van der Waals surface area contributed by atoms with E-state index >= 15 is 0 Å². The van der Waals surface area contributed by atoms with E-state index in [1.807, 2.05) is 25.1 Å². The minimum absolute atomic E-state index is 0.308. The molecule has 3 heterocycles. The van der Waals surface area contributed by atoms with Gasteiger partial charge in [-0.3, -0.25) is 4.98 Å².